The van der Waals surface area contributed by atoms with E-state index >= 15 is 0 Å². The van der Waals surface area contributed by atoms with Gasteiger partial charge in [-0.15, -0.1) is 0 Å². The third-order valence-electron chi connectivity index (χ3n) is 2.99. The average Bonchev–Trinajstić information content (AvgIpc) is 2.83. The van der Waals surface area contributed by atoms with Gasteiger partial charge in [0.2, 0.25) is 5.88 Å². The molecular weight excluding hydrogens is 214 g/mol. The normalized spacial score (nSPS) is 19.7. The molecule has 4 heteroatoms. The van der Waals surface area contributed by atoms with Gasteiger partial charge in [-0.05, 0) is 32.0 Å². The van der Waals surface area contributed by atoms with Gasteiger partial charge in [0.25, 0.3) is 0 Å². The zero-order valence-corrected chi connectivity index (χ0v) is 9.81. The Kier molecular flexibility index (Phi) is 2.65. The summed E-state index contributed by atoms with van der Waals surface area (Å²) in [4.78, 5) is 9.04. The van der Waals surface area contributed by atoms with E-state index in [0.717, 1.165) is 36.2 Å². The largest absolute Gasteiger partial charge is 0.472 e. The molecule has 1 fully saturated rings. The quantitative estimate of drug-likeness (QED) is 0.851. The number of nitrogens with zero attached hydrogens (tertiary/aromatic N) is 2. The van der Waals surface area contributed by atoms with E-state index in [0.29, 0.717) is 5.88 Å². The Hall–Kier alpha value is -1.68. The fourth-order valence-electron chi connectivity index (χ4n) is 2.07. The highest BCUT2D eigenvalue weighted by atomic mass is 16.5. The van der Waals surface area contributed by atoms with Crippen LogP contribution in [0.2, 0.25) is 0 Å². The van der Waals surface area contributed by atoms with Crippen LogP contribution >= 0.6 is 0 Å². The van der Waals surface area contributed by atoms with Gasteiger partial charge in [-0.1, -0.05) is 12.1 Å². The molecule has 0 bridgehead atoms. The van der Waals surface area contributed by atoms with Crippen LogP contribution in [-0.2, 0) is 0 Å². The van der Waals surface area contributed by atoms with E-state index in [4.69, 9.17) is 4.74 Å². The fourth-order valence-corrected chi connectivity index (χ4v) is 2.07. The molecule has 1 unspecified atom stereocenters. The summed E-state index contributed by atoms with van der Waals surface area (Å²) in [6, 6.07) is 7.86. The van der Waals surface area contributed by atoms with E-state index in [-0.39, 0.29) is 6.10 Å². The summed E-state index contributed by atoms with van der Waals surface area (Å²) in [5, 5.41) is 3.28. The predicted molar refractivity (Wildman–Crippen MR) is 66.2 cm³/mol. The topological polar surface area (TPSA) is 47.0 Å². The molecule has 1 N–H and O–H groups in total. The summed E-state index contributed by atoms with van der Waals surface area (Å²) < 4.78 is 5.88. The number of hydrogen-bond donors (Lipinski definition) is 1. The molecule has 0 radical (unpaired) electrons. The second kappa shape index (κ2) is 4.30. The number of rotatable bonds is 2. The Balaban J connectivity index is 1.95. The van der Waals surface area contributed by atoms with Crippen LogP contribution in [0.5, 0.6) is 5.88 Å². The summed E-state index contributed by atoms with van der Waals surface area (Å²) in [7, 11) is 0. The highest BCUT2D eigenvalue weighted by Gasteiger charge is 2.18. The lowest BCUT2D eigenvalue weighted by Crippen LogP contribution is -2.20. The maximum Gasteiger partial charge on any atom is 0.236 e. The van der Waals surface area contributed by atoms with Gasteiger partial charge in [0.15, 0.2) is 0 Å². The maximum absolute atomic E-state index is 5.88. The Morgan fingerprint density at radius 2 is 2.00 bits per heavy atom. The molecule has 2 heterocycles. The molecule has 3 rings (SSSR count). The first-order valence-corrected chi connectivity index (χ1v) is 5.94. The molecule has 17 heavy (non-hydrogen) atoms. The van der Waals surface area contributed by atoms with E-state index in [2.05, 4.69) is 15.3 Å². The third-order valence-corrected chi connectivity index (χ3v) is 2.99. The molecule has 1 aromatic heterocycles. The van der Waals surface area contributed by atoms with Gasteiger partial charge in [0.05, 0.1) is 11.0 Å². The molecule has 88 valence electrons. The van der Waals surface area contributed by atoms with Gasteiger partial charge in [0, 0.05) is 6.54 Å². The smallest absolute Gasteiger partial charge is 0.236 e. The van der Waals surface area contributed by atoms with Crippen molar-refractivity contribution in [2.24, 2.45) is 0 Å². The zero-order valence-electron chi connectivity index (χ0n) is 9.81. The van der Waals surface area contributed by atoms with Gasteiger partial charge in [-0.2, -0.15) is 0 Å². The van der Waals surface area contributed by atoms with Crippen LogP contribution in [0.1, 0.15) is 12.1 Å². The highest BCUT2D eigenvalue weighted by Crippen LogP contribution is 2.20. The Bertz CT molecular complexity index is 535. The number of nitrogens with one attached hydrogen (secondary N) is 1. The molecular formula is C13H15N3O. The van der Waals surface area contributed by atoms with E-state index in [1.54, 1.807) is 0 Å². The maximum atomic E-state index is 5.88. The van der Waals surface area contributed by atoms with Gasteiger partial charge >= 0.3 is 0 Å². The van der Waals surface area contributed by atoms with Crippen molar-refractivity contribution in [2.75, 3.05) is 13.1 Å². The van der Waals surface area contributed by atoms with Crippen LogP contribution < -0.4 is 10.1 Å². The molecule has 1 aromatic carbocycles. The monoisotopic (exact) mass is 229 g/mol. The lowest BCUT2D eigenvalue weighted by atomic mass is 10.3. The lowest BCUT2D eigenvalue weighted by molar-refractivity contribution is 0.212. The molecule has 0 spiro atoms. The number of aryl methyl sites for hydroxylation is 1. The highest BCUT2D eigenvalue weighted by molar-refractivity contribution is 5.74. The van der Waals surface area contributed by atoms with Gasteiger partial charge in [-0.25, -0.2) is 9.97 Å². The molecule has 4 nitrogen and oxygen atoms in total. The van der Waals surface area contributed by atoms with E-state index in [1.165, 1.54) is 0 Å². The minimum Gasteiger partial charge on any atom is -0.472 e. The Labute approximate surface area is 100 Å². The van der Waals surface area contributed by atoms with Crippen molar-refractivity contribution < 1.29 is 4.74 Å². The van der Waals surface area contributed by atoms with Gasteiger partial charge in [-0.3, -0.25) is 0 Å². The van der Waals surface area contributed by atoms with E-state index in [1.807, 2.05) is 31.2 Å². The van der Waals surface area contributed by atoms with Crippen LogP contribution in [0, 0.1) is 6.92 Å². The van der Waals surface area contributed by atoms with Crippen LogP contribution in [0.4, 0.5) is 0 Å². The van der Waals surface area contributed by atoms with Gasteiger partial charge in [0.1, 0.15) is 11.8 Å². The first kappa shape index (κ1) is 10.5. The Morgan fingerprint density at radius 1 is 1.24 bits per heavy atom. The second-order valence-electron chi connectivity index (χ2n) is 4.34. The molecule has 0 amide bonds. The number of ether oxygens (including phenoxy) is 1. The molecule has 0 aliphatic carbocycles. The summed E-state index contributed by atoms with van der Waals surface area (Å²) in [5.41, 5.74) is 2.66. The third kappa shape index (κ3) is 2.08. The molecule has 2 aromatic rings. The molecule has 1 aliphatic heterocycles. The van der Waals surface area contributed by atoms with Crippen molar-refractivity contribution in [3.05, 3.63) is 30.0 Å². The zero-order chi connectivity index (χ0) is 11.7. The first-order chi connectivity index (χ1) is 8.33. The Morgan fingerprint density at radius 3 is 2.71 bits per heavy atom. The van der Waals surface area contributed by atoms with Crippen LogP contribution in [0.15, 0.2) is 24.3 Å². The molecule has 1 atom stereocenters. The van der Waals surface area contributed by atoms with Gasteiger partial charge < -0.3 is 10.1 Å². The lowest BCUT2D eigenvalue weighted by Gasteiger charge is -2.13. The van der Waals surface area contributed by atoms with E-state index in [9.17, 15) is 0 Å². The van der Waals surface area contributed by atoms with Crippen molar-refractivity contribution in [1.29, 1.82) is 0 Å². The standard InChI is InChI=1S/C13H15N3O/c1-9-13(17-10-6-7-14-8-10)16-12-5-3-2-4-11(12)15-9/h2-5,10,14H,6-8H2,1H3. The number of benzene rings is 1. The summed E-state index contributed by atoms with van der Waals surface area (Å²) >= 11 is 0. The number of para-hydroxylation sites is 2. The van der Waals surface area contributed by atoms with Crippen LogP contribution in [-0.4, -0.2) is 29.2 Å². The number of aromatic nitrogens is 2. The average molecular weight is 229 g/mol. The minimum atomic E-state index is 0.226. The van der Waals surface area contributed by atoms with Crippen molar-refractivity contribution in [3.63, 3.8) is 0 Å². The summed E-state index contributed by atoms with van der Waals surface area (Å²) in [6.07, 6.45) is 1.26. The SMILES string of the molecule is Cc1nc2ccccc2nc1OC1CCNC1. The molecule has 0 saturated carbocycles. The molecule has 1 aliphatic rings. The minimum absolute atomic E-state index is 0.226. The fraction of sp³-hybridized carbons (Fsp3) is 0.385. The van der Waals surface area contributed by atoms with Crippen molar-refractivity contribution >= 4 is 11.0 Å². The predicted octanol–water partition coefficient (Wildman–Crippen LogP) is 1.68. The second-order valence-corrected chi connectivity index (χ2v) is 4.34. The van der Waals surface area contributed by atoms with Crippen LogP contribution in [0.3, 0.4) is 0 Å². The number of hydrogen-bond acceptors (Lipinski definition) is 4. The number of fused-ring (bicyclic) bond motifs is 1. The van der Waals surface area contributed by atoms with E-state index < -0.39 is 0 Å². The first-order valence-electron chi connectivity index (χ1n) is 5.94. The van der Waals surface area contributed by atoms with Crippen molar-refractivity contribution in [1.82, 2.24) is 15.3 Å². The molecule has 1 saturated heterocycles. The van der Waals surface area contributed by atoms with Crippen LogP contribution in [0.25, 0.3) is 11.0 Å². The van der Waals surface area contributed by atoms with Crippen molar-refractivity contribution in [3.8, 4) is 5.88 Å². The summed E-state index contributed by atoms with van der Waals surface area (Å²) in [6.45, 7) is 3.86. The summed E-state index contributed by atoms with van der Waals surface area (Å²) in [5.74, 6) is 0.664. The van der Waals surface area contributed by atoms with Crippen molar-refractivity contribution in [2.45, 2.75) is 19.4 Å².